The number of nitrogens with zero attached hydrogens (tertiary/aromatic N) is 6. The van der Waals surface area contributed by atoms with E-state index in [0.717, 1.165) is 16.6 Å². The van der Waals surface area contributed by atoms with Gasteiger partial charge in [0.05, 0.1) is 29.1 Å². The Bertz CT molecular complexity index is 1360. The molecular weight excluding hydrogens is 409 g/mol. The van der Waals surface area contributed by atoms with Crippen LogP contribution in [0.5, 0.6) is 0 Å². The van der Waals surface area contributed by atoms with E-state index in [1.165, 1.54) is 12.3 Å². The molecule has 5 aromatic heterocycles. The minimum atomic E-state index is -4.70. The highest BCUT2D eigenvalue weighted by Gasteiger charge is 2.38. The van der Waals surface area contributed by atoms with Gasteiger partial charge in [-0.3, -0.25) is 15.0 Å². The van der Waals surface area contributed by atoms with E-state index in [2.05, 4.69) is 29.6 Å². The zero-order chi connectivity index (χ0) is 21.4. The second kappa shape index (κ2) is 7.31. The SMILES string of the molecule is FC(F)(F)c1nc(-c2ccnc(-c3cc4c(ccn4Cc4ccccn4)cn3)c2)no1. The quantitative estimate of drug-likeness (QED) is 0.421. The number of alkyl halides is 3. The number of halogens is 3. The third kappa shape index (κ3) is 3.75. The maximum atomic E-state index is 12.7. The maximum Gasteiger partial charge on any atom is 0.471 e. The molecule has 0 aliphatic heterocycles. The molecule has 10 heteroatoms. The zero-order valence-corrected chi connectivity index (χ0v) is 15.8. The fraction of sp³-hybridized carbons (Fsp3) is 0.0952. The van der Waals surface area contributed by atoms with Crippen molar-refractivity contribution in [3.8, 4) is 22.8 Å². The lowest BCUT2D eigenvalue weighted by atomic mass is 10.1. The Morgan fingerprint density at radius 1 is 0.935 bits per heavy atom. The highest BCUT2D eigenvalue weighted by Crippen LogP contribution is 2.30. The monoisotopic (exact) mass is 422 g/mol. The van der Waals surface area contributed by atoms with Gasteiger partial charge >= 0.3 is 12.1 Å². The van der Waals surface area contributed by atoms with Crippen LogP contribution in [0.1, 0.15) is 11.6 Å². The van der Waals surface area contributed by atoms with Crippen LogP contribution in [0.15, 0.2) is 71.8 Å². The van der Waals surface area contributed by atoms with Gasteiger partial charge in [-0.05, 0) is 36.4 Å². The lowest BCUT2D eigenvalue weighted by Gasteiger charge is -2.07. The lowest BCUT2D eigenvalue weighted by molar-refractivity contribution is -0.159. The van der Waals surface area contributed by atoms with Gasteiger partial charge < -0.3 is 9.09 Å². The molecule has 5 heterocycles. The maximum absolute atomic E-state index is 12.7. The molecule has 0 saturated carbocycles. The van der Waals surface area contributed by atoms with Crippen LogP contribution in [-0.2, 0) is 12.7 Å². The average molecular weight is 422 g/mol. The van der Waals surface area contributed by atoms with Gasteiger partial charge in [0, 0.05) is 35.7 Å². The lowest BCUT2D eigenvalue weighted by Crippen LogP contribution is -2.04. The highest BCUT2D eigenvalue weighted by molar-refractivity contribution is 5.83. The number of hydrogen-bond acceptors (Lipinski definition) is 6. The first-order chi connectivity index (χ1) is 15.0. The molecule has 0 radical (unpaired) electrons. The van der Waals surface area contributed by atoms with Gasteiger partial charge in [0.2, 0.25) is 5.82 Å². The van der Waals surface area contributed by atoms with Crippen molar-refractivity contribution >= 4 is 10.9 Å². The number of fused-ring (bicyclic) bond motifs is 1. The number of hydrogen-bond donors (Lipinski definition) is 0. The Balaban J connectivity index is 1.50. The molecule has 0 aliphatic rings. The Hall–Kier alpha value is -4.08. The summed E-state index contributed by atoms with van der Waals surface area (Å²) in [7, 11) is 0. The summed E-state index contributed by atoms with van der Waals surface area (Å²) in [5.41, 5.74) is 3.23. The van der Waals surface area contributed by atoms with E-state index in [0.29, 0.717) is 23.5 Å². The molecule has 0 aliphatic carbocycles. The molecular formula is C21H13F3N6O. The van der Waals surface area contributed by atoms with E-state index in [9.17, 15) is 13.2 Å². The van der Waals surface area contributed by atoms with Crippen LogP contribution in [-0.4, -0.2) is 29.7 Å². The van der Waals surface area contributed by atoms with Crippen LogP contribution in [0.2, 0.25) is 0 Å². The molecule has 0 fully saturated rings. The van der Waals surface area contributed by atoms with Crippen molar-refractivity contribution in [3.63, 3.8) is 0 Å². The van der Waals surface area contributed by atoms with Crippen molar-refractivity contribution in [2.24, 2.45) is 0 Å². The van der Waals surface area contributed by atoms with E-state index >= 15 is 0 Å². The molecule has 0 N–H and O–H groups in total. The largest absolute Gasteiger partial charge is 0.471 e. The fourth-order valence-electron chi connectivity index (χ4n) is 3.19. The van der Waals surface area contributed by atoms with Crippen LogP contribution in [0.25, 0.3) is 33.7 Å². The van der Waals surface area contributed by atoms with Crippen molar-refractivity contribution in [1.82, 2.24) is 29.7 Å². The number of aromatic nitrogens is 6. The minimum absolute atomic E-state index is 0.171. The zero-order valence-electron chi connectivity index (χ0n) is 15.8. The van der Waals surface area contributed by atoms with Crippen LogP contribution in [0.4, 0.5) is 13.2 Å². The van der Waals surface area contributed by atoms with Gasteiger partial charge in [0.25, 0.3) is 0 Å². The molecule has 0 saturated heterocycles. The normalized spacial score (nSPS) is 11.8. The van der Waals surface area contributed by atoms with E-state index in [1.54, 1.807) is 18.5 Å². The first-order valence-electron chi connectivity index (χ1n) is 9.20. The van der Waals surface area contributed by atoms with Crippen molar-refractivity contribution in [2.45, 2.75) is 12.7 Å². The predicted octanol–water partition coefficient (Wildman–Crippen LogP) is 4.61. The van der Waals surface area contributed by atoms with Gasteiger partial charge in [-0.2, -0.15) is 18.2 Å². The molecule has 5 aromatic rings. The molecule has 154 valence electrons. The van der Waals surface area contributed by atoms with Crippen molar-refractivity contribution in [2.75, 3.05) is 0 Å². The molecule has 0 atom stereocenters. The molecule has 7 nitrogen and oxygen atoms in total. The molecule has 0 amide bonds. The molecule has 31 heavy (non-hydrogen) atoms. The second-order valence-corrected chi connectivity index (χ2v) is 6.74. The van der Waals surface area contributed by atoms with Gasteiger partial charge in [-0.25, -0.2) is 0 Å². The molecule has 0 spiro atoms. The fourth-order valence-corrected chi connectivity index (χ4v) is 3.19. The molecule has 0 aromatic carbocycles. The average Bonchev–Trinajstić information content (AvgIpc) is 3.42. The number of pyridine rings is 3. The van der Waals surface area contributed by atoms with Gasteiger partial charge in [0.15, 0.2) is 0 Å². The smallest absolute Gasteiger partial charge is 0.341 e. The first kappa shape index (κ1) is 18.9. The Morgan fingerprint density at radius 3 is 2.58 bits per heavy atom. The topological polar surface area (TPSA) is 82.5 Å². The summed E-state index contributed by atoms with van der Waals surface area (Å²) in [5.74, 6) is -1.57. The van der Waals surface area contributed by atoms with Gasteiger partial charge in [-0.15, -0.1) is 0 Å². The van der Waals surface area contributed by atoms with Crippen molar-refractivity contribution < 1.29 is 17.7 Å². The second-order valence-electron chi connectivity index (χ2n) is 6.74. The van der Waals surface area contributed by atoms with E-state index < -0.39 is 12.1 Å². The summed E-state index contributed by atoms with van der Waals surface area (Å²) < 4.78 is 44.6. The van der Waals surface area contributed by atoms with Gasteiger partial charge in [-0.1, -0.05) is 11.2 Å². The third-order valence-electron chi connectivity index (χ3n) is 4.66. The Kier molecular flexibility index (Phi) is 4.46. The number of rotatable bonds is 4. The third-order valence-corrected chi connectivity index (χ3v) is 4.66. The standard InChI is InChI=1S/C21H13F3N6O/c22-21(23,24)20-28-19(29-31-20)13-4-7-26-16(9-13)17-10-18-14(11-27-17)5-8-30(18)12-15-3-1-2-6-25-15/h1-11H,12H2. The summed E-state index contributed by atoms with van der Waals surface area (Å²) in [6.07, 6.45) is 2.18. The van der Waals surface area contributed by atoms with Gasteiger partial charge in [0.1, 0.15) is 0 Å². The van der Waals surface area contributed by atoms with Crippen LogP contribution >= 0.6 is 0 Å². The van der Waals surface area contributed by atoms with Crippen molar-refractivity contribution in [1.29, 1.82) is 0 Å². The minimum Gasteiger partial charge on any atom is -0.341 e. The first-order valence-corrected chi connectivity index (χ1v) is 9.20. The summed E-state index contributed by atoms with van der Waals surface area (Å²) in [6.45, 7) is 0.588. The van der Waals surface area contributed by atoms with E-state index in [1.807, 2.05) is 41.1 Å². The van der Waals surface area contributed by atoms with Crippen LogP contribution in [0, 0.1) is 0 Å². The molecule has 0 unspecified atom stereocenters. The summed E-state index contributed by atoms with van der Waals surface area (Å²) in [5, 5.41) is 4.37. The van der Waals surface area contributed by atoms with Crippen LogP contribution in [0.3, 0.4) is 0 Å². The summed E-state index contributed by atoms with van der Waals surface area (Å²) >= 11 is 0. The Labute approximate surface area is 173 Å². The summed E-state index contributed by atoms with van der Waals surface area (Å²) in [4.78, 5) is 16.5. The van der Waals surface area contributed by atoms with Crippen molar-refractivity contribution in [3.05, 3.63) is 78.8 Å². The molecule has 5 rings (SSSR count). The summed E-state index contributed by atoms with van der Waals surface area (Å²) in [6, 6.07) is 12.7. The van der Waals surface area contributed by atoms with Crippen LogP contribution < -0.4 is 0 Å². The van der Waals surface area contributed by atoms with E-state index in [-0.39, 0.29) is 5.82 Å². The Morgan fingerprint density at radius 2 is 1.81 bits per heavy atom. The molecule has 0 bridgehead atoms. The van der Waals surface area contributed by atoms with E-state index in [4.69, 9.17) is 0 Å². The predicted molar refractivity (Wildman–Crippen MR) is 105 cm³/mol. The highest BCUT2D eigenvalue weighted by atomic mass is 19.4.